The van der Waals surface area contributed by atoms with E-state index in [1.807, 2.05) is 0 Å². The molecule has 1 aliphatic carbocycles. The molecule has 0 aliphatic heterocycles. The summed E-state index contributed by atoms with van der Waals surface area (Å²) in [7, 11) is 0. The van der Waals surface area contributed by atoms with Gasteiger partial charge in [0.2, 0.25) is 11.0 Å². The number of carbonyl (C=O) groups excluding carboxylic acids is 1. The zero-order valence-electron chi connectivity index (χ0n) is 10.2. The summed E-state index contributed by atoms with van der Waals surface area (Å²) in [5.74, 6) is 0.441. The van der Waals surface area contributed by atoms with Crippen LogP contribution in [0.25, 0.3) is 0 Å². The van der Waals surface area contributed by atoms with Crippen LogP contribution in [0, 0.1) is 0 Å². The van der Waals surface area contributed by atoms with Crippen LogP contribution < -0.4 is 5.32 Å². The van der Waals surface area contributed by atoms with Crippen molar-refractivity contribution in [3.63, 3.8) is 0 Å². The average molecular weight is 279 g/mol. The van der Waals surface area contributed by atoms with Crippen LogP contribution in [-0.2, 0) is 11.3 Å². The van der Waals surface area contributed by atoms with E-state index in [0.29, 0.717) is 24.0 Å². The maximum Gasteiger partial charge on any atom is 0.228 e. The van der Waals surface area contributed by atoms with Gasteiger partial charge in [0.15, 0.2) is 0 Å². The van der Waals surface area contributed by atoms with Gasteiger partial charge in [0.25, 0.3) is 0 Å². The first-order valence-electron chi connectivity index (χ1n) is 6.15. The molecule has 1 fully saturated rings. The van der Waals surface area contributed by atoms with Crippen molar-refractivity contribution < 1.29 is 4.79 Å². The summed E-state index contributed by atoms with van der Waals surface area (Å²) >= 11 is 1.47. The molecule has 0 aromatic carbocycles. The Morgan fingerprint density at radius 1 is 1.47 bits per heavy atom. The quantitative estimate of drug-likeness (QED) is 0.870. The minimum Gasteiger partial charge on any atom is -0.300 e. The van der Waals surface area contributed by atoms with Gasteiger partial charge in [-0.05, 0) is 23.3 Å². The molecule has 8 nitrogen and oxygen atoms in total. The van der Waals surface area contributed by atoms with Gasteiger partial charge in [0.1, 0.15) is 11.3 Å². The number of nitrogens with zero attached hydrogens (tertiary/aromatic N) is 6. The molecule has 0 unspecified atom stereocenters. The molecule has 100 valence electrons. The Labute approximate surface area is 113 Å². The van der Waals surface area contributed by atoms with Gasteiger partial charge < -0.3 is 5.32 Å². The Balaban J connectivity index is 1.49. The molecule has 3 rings (SSSR count). The Morgan fingerprint density at radius 3 is 3.05 bits per heavy atom. The maximum absolute atomic E-state index is 11.7. The van der Waals surface area contributed by atoms with Gasteiger partial charge in [0.05, 0.1) is 6.54 Å². The SMILES string of the molecule is O=C(CCn1cnnn1)Nc1nnc(C2CCC2)s1. The molecule has 1 amide bonds. The second-order valence-corrected chi connectivity index (χ2v) is 5.45. The number of aryl methyl sites for hydroxylation is 1. The lowest BCUT2D eigenvalue weighted by Gasteiger charge is -2.21. The monoisotopic (exact) mass is 279 g/mol. The van der Waals surface area contributed by atoms with Crippen molar-refractivity contribution in [3.8, 4) is 0 Å². The highest BCUT2D eigenvalue weighted by Crippen LogP contribution is 2.38. The van der Waals surface area contributed by atoms with Crippen LogP contribution in [0.5, 0.6) is 0 Å². The lowest BCUT2D eigenvalue weighted by molar-refractivity contribution is -0.116. The van der Waals surface area contributed by atoms with Crippen LogP contribution in [0.2, 0.25) is 0 Å². The van der Waals surface area contributed by atoms with Gasteiger partial charge in [-0.2, -0.15) is 0 Å². The largest absolute Gasteiger partial charge is 0.300 e. The third-order valence-electron chi connectivity index (χ3n) is 3.10. The Bertz CT molecular complexity index is 548. The number of aromatic nitrogens is 6. The molecule has 0 spiro atoms. The van der Waals surface area contributed by atoms with E-state index in [1.165, 1.54) is 41.6 Å². The van der Waals surface area contributed by atoms with Crippen LogP contribution in [0.3, 0.4) is 0 Å². The van der Waals surface area contributed by atoms with E-state index >= 15 is 0 Å². The first kappa shape index (κ1) is 12.2. The molecular weight excluding hydrogens is 266 g/mol. The van der Waals surface area contributed by atoms with Crippen LogP contribution in [0.1, 0.15) is 36.6 Å². The fourth-order valence-corrected chi connectivity index (χ4v) is 2.71. The van der Waals surface area contributed by atoms with Crippen molar-refractivity contribution in [3.05, 3.63) is 11.3 Å². The summed E-state index contributed by atoms with van der Waals surface area (Å²) in [5, 5.41) is 23.2. The van der Waals surface area contributed by atoms with E-state index in [-0.39, 0.29) is 5.91 Å². The highest BCUT2D eigenvalue weighted by Gasteiger charge is 2.23. The Kier molecular flexibility index (Phi) is 3.45. The number of hydrogen-bond acceptors (Lipinski definition) is 7. The zero-order valence-corrected chi connectivity index (χ0v) is 11.0. The molecule has 1 aliphatic rings. The molecule has 2 aromatic rings. The van der Waals surface area contributed by atoms with Crippen molar-refractivity contribution in [2.24, 2.45) is 0 Å². The van der Waals surface area contributed by atoms with Gasteiger partial charge in [0, 0.05) is 12.3 Å². The molecule has 0 atom stereocenters. The summed E-state index contributed by atoms with van der Waals surface area (Å²) in [4.78, 5) is 11.7. The first-order valence-corrected chi connectivity index (χ1v) is 6.97. The lowest BCUT2D eigenvalue weighted by atomic mass is 9.86. The van der Waals surface area contributed by atoms with E-state index in [4.69, 9.17) is 0 Å². The number of carbonyl (C=O) groups is 1. The second kappa shape index (κ2) is 5.39. The van der Waals surface area contributed by atoms with E-state index < -0.39 is 0 Å². The summed E-state index contributed by atoms with van der Waals surface area (Å²) in [6, 6.07) is 0. The van der Waals surface area contributed by atoms with Gasteiger partial charge in [-0.1, -0.05) is 17.8 Å². The molecule has 2 heterocycles. The second-order valence-electron chi connectivity index (χ2n) is 4.44. The van der Waals surface area contributed by atoms with Crippen LogP contribution >= 0.6 is 11.3 Å². The predicted molar refractivity (Wildman–Crippen MR) is 67.6 cm³/mol. The highest BCUT2D eigenvalue weighted by atomic mass is 32.1. The van der Waals surface area contributed by atoms with Crippen LogP contribution in [-0.4, -0.2) is 36.3 Å². The standard InChI is InChI=1S/C10H13N7OS/c18-8(4-5-17-6-11-15-16-17)12-10-14-13-9(19-10)7-2-1-3-7/h6-7H,1-5H2,(H,12,14,18). The third-order valence-corrected chi connectivity index (χ3v) is 4.10. The number of rotatable bonds is 5. The summed E-state index contributed by atoms with van der Waals surface area (Å²) in [5.41, 5.74) is 0. The smallest absolute Gasteiger partial charge is 0.228 e. The Morgan fingerprint density at radius 2 is 2.37 bits per heavy atom. The molecule has 0 radical (unpaired) electrons. The van der Waals surface area contributed by atoms with Gasteiger partial charge in [-0.25, -0.2) is 4.68 Å². The van der Waals surface area contributed by atoms with E-state index in [1.54, 1.807) is 0 Å². The van der Waals surface area contributed by atoms with Crippen molar-refractivity contribution in [1.29, 1.82) is 0 Å². The maximum atomic E-state index is 11.7. The first-order chi connectivity index (χ1) is 9.31. The molecule has 0 saturated heterocycles. The number of amides is 1. The minimum atomic E-state index is -0.105. The molecule has 0 bridgehead atoms. The van der Waals surface area contributed by atoms with Gasteiger partial charge >= 0.3 is 0 Å². The molecule has 2 aromatic heterocycles. The van der Waals surface area contributed by atoms with E-state index in [9.17, 15) is 4.79 Å². The van der Waals surface area contributed by atoms with Crippen molar-refractivity contribution in [2.45, 2.75) is 38.1 Å². The molecular formula is C10H13N7OS. The lowest BCUT2D eigenvalue weighted by Crippen LogP contribution is -2.14. The van der Waals surface area contributed by atoms with Crippen molar-refractivity contribution in [2.75, 3.05) is 5.32 Å². The third kappa shape index (κ3) is 2.92. The number of tetrazole rings is 1. The fraction of sp³-hybridized carbons (Fsp3) is 0.600. The van der Waals surface area contributed by atoms with Gasteiger partial charge in [-0.3, -0.25) is 4.79 Å². The summed E-state index contributed by atoms with van der Waals surface area (Å²) < 4.78 is 1.51. The molecule has 9 heteroatoms. The van der Waals surface area contributed by atoms with Crippen LogP contribution in [0.4, 0.5) is 5.13 Å². The van der Waals surface area contributed by atoms with Gasteiger partial charge in [-0.15, -0.1) is 15.3 Å². The average Bonchev–Trinajstić information content (AvgIpc) is 2.96. The fourth-order valence-electron chi connectivity index (χ4n) is 1.79. The minimum absolute atomic E-state index is 0.105. The number of nitrogens with one attached hydrogen (secondary N) is 1. The molecule has 1 saturated carbocycles. The topological polar surface area (TPSA) is 98.5 Å². The van der Waals surface area contributed by atoms with Crippen molar-refractivity contribution >= 4 is 22.4 Å². The highest BCUT2D eigenvalue weighted by molar-refractivity contribution is 7.15. The summed E-state index contributed by atoms with van der Waals surface area (Å²) in [6.45, 7) is 0.452. The number of anilines is 1. The number of hydrogen-bond donors (Lipinski definition) is 1. The van der Waals surface area contributed by atoms with E-state index in [0.717, 1.165) is 5.01 Å². The van der Waals surface area contributed by atoms with Crippen LogP contribution in [0.15, 0.2) is 6.33 Å². The van der Waals surface area contributed by atoms with E-state index in [2.05, 4.69) is 31.0 Å². The van der Waals surface area contributed by atoms with Crippen molar-refractivity contribution in [1.82, 2.24) is 30.4 Å². The summed E-state index contributed by atoms with van der Waals surface area (Å²) in [6.07, 6.45) is 5.41. The molecule has 1 N–H and O–H groups in total. The normalized spacial score (nSPS) is 15.2. The predicted octanol–water partition coefficient (Wildman–Crippen LogP) is 0.821. The molecule has 19 heavy (non-hydrogen) atoms. The Hall–Kier alpha value is -1.90. The zero-order chi connectivity index (χ0) is 13.1.